The molecule has 0 aromatic rings. The maximum absolute atomic E-state index is 11.6. The molecule has 0 unspecified atom stereocenters. The van der Waals surface area contributed by atoms with Crippen LogP contribution >= 0.6 is 0 Å². The minimum absolute atomic E-state index is 0.384. The Morgan fingerprint density at radius 2 is 2.17 bits per heavy atom. The molecule has 1 N–H and O–H groups in total. The first kappa shape index (κ1) is 14.0. The van der Waals surface area contributed by atoms with E-state index >= 15 is 0 Å². The summed E-state index contributed by atoms with van der Waals surface area (Å²) in [6, 6.07) is 0. The third-order valence-corrected chi connectivity index (χ3v) is 4.94. The fourth-order valence-corrected chi connectivity index (χ4v) is 4.04. The Hall–Kier alpha value is -0.370. The van der Waals surface area contributed by atoms with Crippen molar-refractivity contribution < 1.29 is 9.90 Å². The van der Waals surface area contributed by atoms with E-state index in [1.54, 1.807) is 0 Å². The minimum atomic E-state index is -0.517. The fraction of sp³-hybridized carbons (Fsp3) is 0.938. The van der Waals surface area contributed by atoms with Crippen LogP contribution < -0.4 is 0 Å². The van der Waals surface area contributed by atoms with Crippen molar-refractivity contribution in [3.63, 3.8) is 0 Å². The van der Waals surface area contributed by atoms with Crippen molar-refractivity contribution in [2.45, 2.75) is 83.7 Å². The summed E-state index contributed by atoms with van der Waals surface area (Å²) in [5.74, 6) is 1.30. The summed E-state index contributed by atoms with van der Waals surface area (Å²) in [6.45, 7) is 3.78. The second-order valence-corrected chi connectivity index (χ2v) is 7.38. The van der Waals surface area contributed by atoms with Crippen LogP contribution in [0.15, 0.2) is 0 Å². The normalized spacial score (nSPS) is 33.3. The van der Waals surface area contributed by atoms with Crippen molar-refractivity contribution >= 4 is 5.78 Å². The maximum atomic E-state index is 11.6. The Morgan fingerprint density at radius 1 is 1.39 bits per heavy atom. The second-order valence-electron chi connectivity index (χ2n) is 7.38. The first-order valence-electron chi connectivity index (χ1n) is 7.63. The van der Waals surface area contributed by atoms with Crippen LogP contribution in [0, 0.1) is 11.3 Å². The summed E-state index contributed by atoms with van der Waals surface area (Å²) in [5.41, 5.74) is -0.133. The zero-order valence-electron chi connectivity index (χ0n) is 12.0. The fourth-order valence-electron chi connectivity index (χ4n) is 4.04. The van der Waals surface area contributed by atoms with Crippen molar-refractivity contribution in [1.29, 1.82) is 0 Å². The van der Waals surface area contributed by atoms with Crippen molar-refractivity contribution in [2.75, 3.05) is 0 Å². The molecule has 0 aromatic heterocycles. The molecule has 2 fully saturated rings. The van der Waals surface area contributed by atoms with Crippen LogP contribution in [0.3, 0.4) is 0 Å². The first-order chi connectivity index (χ1) is 8.39. The summed E-state index contributed by atoms with van der Waals surface area (Å²) in [4.78, 5) is 11.6. The van der Waals surface area contributed by atoms with Gasteiger partial charge in [-0.3, -0.25) is 4.79 Å². The topological polar surface area (TPSA) is 37.3 Å². The van der Waals surface area contributed by atoms with E-state index in [0.29, 0.717) is 11.2 Å². The lowest BCUT2D eigenvalue weighted by atomic mass is 9.72. The molecule has 1 spiro atoms. The zero-order chi connectivity index (χ0) is 13.2. The smallest absolute Gasteiger partial charge is 0.133 e. The number of hydrogen-bond donors (Lipinski definition) is 1. The molecule has 0 aromatic carbocycles. The summed E-state index contributed by atoms with van der Waals surface area (Å²) in [7, 11) is 0. The Balaban J connectivity index is 1.76. The van der Waals surface area contributed by atoms with Gasteiger partial charge < -0.3 is 5.11 Å². The van der Waals surface area contributed by atoms with Gasteiger partial charge in [-0.2, -0.15) is 0 Å². The van der Waals surface area contributed by atoms with Gasteiger partial charge >= 0.3 is 0 Å². The van der Waals surface area contributed by atoms with E-state index < -0.39 is 5.60 Å². The van der Waals surface area contributed by atoms with Gasteiger partial charge in [0.15, 0.2) is 0 Å². The monoisotopic (exact) mass is 252 g/mol. The maximum Gasteiger partial charge on any atom is 0.133 e. The quantitative estimate of drug-likeness (QED) is 0.825. The Kier molecular flexibility index (Phi) is 4.15. The highest BCUT2D eigenvalue weighted by molar-refractivity contribution is 5.79. The zero-order valence-corrected chi connectivity index (χ0v) is 12.0. The molecule has 104 valence electrons. The number of Topliss-reactive ketones (excluding diaryl/α,β-unsaturated/α-hetero) is 1. The van der Waals surface area contributed by atoms with Gasteiger partial charge in [-0.15, -0.1) is 0 Å². The predicted molar refractivity (Wildman–Crippen MR) is 73.4 cm³/mol. The molecule has 2 heteroatoms. The summed E-state index contributed by atoms with van der Waals surface area (Å²) < 4.78 is 0. The molecule has 0 bridgehead atoms. The summed E-state index contributed by atoms with van der Waals surface area (Å²) in [6.07, 6.45) is 11.2. The average molecular weight is 252 g/mol. The van der Waals surface area contributed by atoms with Gasteiger partial charge in [-0.1, -0.05) is 12.8 Å². The minimum Gasteiger partial charge on any atom is -0.390 e. The van der Waals surface area contributed by atoms with Gasteiger partial charge in [0.05, 0.1) is 5.60 Å². The van der Waals surface area contributed by atoms with Crippen molar-refractivity contribution in [2.24, 2.45) is 11.3 Å². The third-order valence-electron chi connectivity index (χ3n) is 4.94. The van der Waals surface area contributed by atoms with Gasteiger partial charge in [0.1, 0.15) is 5.78 Å². The van der Waals surface area contributed by atoms with E-state index in [4.69, 9.17) is 0 Å². The molecule has 2 aliphatic rings. The molecule has 0 radical (unpaired) electrons. The van der Waals surface area contributed by atoms with E-state index in [1.807, 2.05) is 13.8 Å². The average Bonchev–Trinajstić information content (AvgIpc) is 2.59. The van der Waals surface area contributed by atoms with E-state index in [9.17, 15) is 9.90 Å². The lowest BCUT2D eigenvalue weighted by Gasteiger charge is -2.32. The van der Waals surface area contributed by atoms with E-state index in [2.05, 4.69) is 0 Å². The predicted octanol–water partition coefficient (Wildman–Crippen LogP) is 3.86. The van der Waals surface area contributed by atoms with Crippen LogP contribution in [-0.2, 0) is 4.79 Å². The van der Waals surface area contributed by atoms with Gasteiger partial charge in [0, 0.05) is 12.8 Å². The molecular weight excluding hydrogens is 224 g/mol. The van der Waals surface area contributed by atoms with Crippen molar-refractivity contribution in [3.8, 4) is 0 Å². The molecule has 2 saturated carbocycles. The van der Waals surface area contributed by atoms with Crippen LogP contribution in [0.5, 0.6) is 0 Å². The number of carbonyl (C=O) groups is 1. The number of hydrogen-bond acceptors (Lipinski definition) is 2. The van der Waals surface area contributed by atoms with Crippen molar-refractivity contribution in [1.82, 2.24) is 0 Å². The SMILES string of the molecule is CC(C)(O)CCC[C@@H]1CC[C@@]2(CCCC(=O)C2)C1. The summed E-state index contributed by atoms with van der Waals surface area (Å²) in [5, 5.41) is 9.72. The van der Waals surface area contributed by atoms with Crippen LogP contribution in [0.25, 0.3) is 0 Å². The molecule has 0 heterocycles. The van der Waals surface area contributed by atoms with Gasteiger partial charge in [0.25, 0.3) is 0 Å². The van der Waals surface area contributed by atoms with E-state index in [0.717, 1.165) is 38.0 Å². The lowest BCUT2D eigenvalue weighted by molar-refractivity contribution is -0.123. The molecule has 2 aliphatic carbocycles. The van der Waals surface area contributed by atoms with Crippen LogP contribution in [0.1, 0.15) is 78.1 Å². The molecule has 0 saturated heterocycles. The number of aliphatic hydroxyl groups is 1. The summed E-state index contributed by atoms with van der Waals surface area (Å²) >= 11 is 0. The van der Waals surface area contributed by atoms with Crippen LogP contribution in [0.2, 0.25) is 0 Å². The van der Waals surface area contributed by atoms with Crippen LogP contribution in [0.4, 0.5) is 0 Å². The number of carbonyl (C=O) groups excluding carboxylic acids is 1. The Morgan fingerprint density at radius 3 is 2.83 bits per heavy atom. The van der Waals surface area contributed by atoms with E-state index in [-0.39, 0.29) is 0 Å². The molecule has 0 amide bonds. The third kappa shape index (κ3) is 3.81. The largest absolute Gasteiger partial charge is 0.390 e. The van der Waals surface area contributed by atoms with Gasteiger partial charge in [-0.25, -0.2) is 0 Å². The molecular formula is C16H28O2. The highest BCUT2D eigenvalue weighted by Crippen LogP contribution is 2.51. The lowest BCUT2D eigenvalue weighted by Crippen LogP contribution is -2.26. The van der Waals surface area contributed by atoms with Gasteiger partial charge in [0.2, 0.25) is 0 Å². The highest BCUT2D eigenvalue weighted by atomic mass is 16.3. The van der Waals surface area contributed by atoms with Gasteiger partial charge in [-0.05, 0) is 63.7 Å². The van der Waals surface area contributed by atoms with Crippen LogP contribution in [-0.4, -0.2) is 16.5 Å². The second kappa shape index (κ2) is 5.32. The molecule has 2 atom stereocenters. The van der Waals surface area contributed by atoms with E-state index in [1.165, 1.54) is 32.1 Å². The molecule has 2 nitrogen and oxygen atoms in total. The molecule has 18 heavy (non-hydrogen) atoms. The number of rotatable bonds is 4. The first-order valence-corrected chi connectivity index (χ1v) is 7.63. The standard InChI is InChI=1S/C16H28O2/c1-15(2,18)8-3-5-13-7-10-16(11-13)9-4-6-14(17)12-16/h13,18H,3-12H2,1-2H3/t13-,16+/m1/s1. The van der Waals surface area contributed by atoms with Crippen molar-refractivity contribution in [3.05, 3.63) is 0 Å². The highest BCUT2D eigenvalue weighted by Gasteiger charge is 2.41. The molecule has 2 rings (SSSR count). The Labute approximate surface area is 111 Å². The Bertz CT molecular complexity index is 303. The molecule has 0 aliphatic heterocycles. The number of ketones is 1.